The summed E-state index contributed by atoms with van der Waals surface area (Å²) in [7, 11) is 0. The number of fused-ring (bicyclic) bond motifs is 2. The number of ether oxygens (including phenoxy) is 1. The van der Waals surface area contributed by atoms with E-state index in [0.29, 0.717) is 36.0 Å². The fourth-order valence-electron chi connectivity index (χ4n) is 5.99. The zero-order valence-corrected chi connectivity index (χ0v) is 28.7. The lowest BCUT2D eigenvalue weighted by molar-refractivity contribution is -0.193. The Labute approximate surface area is 302 Å². The van der Waals surface area contributed by atoms with Gasteiger partial charge < -0.3 is 35.7 Å². The van der Waals surface area contributed by atoms with E-state index in [1.165, 1.54) is 19.2 Å². The molecule has 2 fully saturated rings. The quantitative estimate of drug-likeness (QED) is 0.106. The molecule has 290 valence electrons. The Kier molecular flexibility index (Phi) is 12.1. The fraction of sp³-hybridized carbons (Fsp3) is 0.412. The van der Waals surface area contributed by atoms with E-state index >= 15 is 0 Å². The third kappa shape index (κ3) is 9.85. The highest BCUT2D eigenvalue weighted by Crippen LogP contribution is 2.37. The number of carboxylic acids is 2. The molecule has 0 amide bonds. The Balaban J connectivity index is 0.000000342. The Hall–Kier alpha value is -5.66. The van der Waals surface area contributed by atoms with Crippen molar-refractivity contribution in [2.24, 2.45) is 5.92 Å². The summed E-state index contributed by atoms with van der Waals surface area (Å²) >= 11 is 0. The van der Waals surface area contributed by atoms with Gasteiger partial charge in [-0.2, -0.15) is 36.4 Å². The van der Waals surface area contributed by atoms with Gasteiger partial charge in [-0.25, -0.2) is 24.2 Å². The molecule has 3 aromatic heterocycles. The van der Waals surface area contributed by atoms with Crippen LogP contribution in [-0.4, -0.2) is 78.9 Å². The zero-order valence-electron chi connectivity index (χ0n) is 28.7. The second kappa shape index (κ2) is 16.6. The van der Waals surface area contributed by atoms with Crippen molar-refractivity contribution in [3.63, 3.8) is 0 Å². The van der Waals surface area contributed by atoms with Crippen molar-refractivity contribution in [2.45, 2.75) is 63.8 Å². The number of aryl methyl sites for hydroxylation is 1. The number of hydrogen-bond donors (Lipinski definition) is 5. The number of aliphatic carboxylic acids is 2. The molecule has 7 rings (SSSR count). The minimum absolute atomic E-state index is 0.350. The Bertz CT molecular complexity index is 2050. The maximum atomic E-state index is 10.6. The maximum absolute atomic E-state index is 10.6. The second-order valence-electron chi connectivity index (χ2n) is 12.6. The highest BCUT2D eigenvalue weighted by atomic mass is 19.4. The molecule has 54 heavy (non-hydrogen) atoms. The Morgan fingerprint density at radius 3 is 2.19 bits per heavy atom. The predicted octanol–water partition coefficient (Wildman–Crippen LogP) is 7.03. The summed E-state index contributed by atoms with van der Waals surface area (Å²) in [6.07, 6.45) is -1.75. The first-order chi connectivity index (χ1) is 25.5. The number of piperidine rings is 1. The van der Waals surface area contributed by atoms with Crippen molar-refractivity contribution in [2.75, 3.05) is 30.7 Å². The van der Waals surface area contributed by atoms with E-state index in [9.17, 15) is 26.3 Å². The van der Waals surface area contributed by atoms with Crippen LogP contribution in [0.25, 0.3) is 33.4 Å². The van der Waals surface area contributed by atoms with Gasteiger partial charge in [-0.1, -0.05) is 25.0 Å². The number of hydrogen-bond acceptors (Lipinski definition) is 11. The molecular formula is C34H36F6N8O6. The number of benzene rings is 2. The van der Waals surface area contributed by atoms with Crippen molar-refractivity contribution in [3.8, 4) is 17.0 Å². The molecule has 0 unspecified atom stereocenters. The molecule has 1 aliphatic heterocycles. The van der Waals surface area contributed by atoms with Crippen LogP contribution >= 0.6 is 0 Å². The van der Waals surface area contributed by atoms with Crippen LogP contribution in [0, 0.1) is 12.8 Å². The summed E-state index contributed by atoms with van der Waals surface area (Å²) in [5.74, 6) is -3.76. The minimum atomic E-state index is -5.08. The first-order valence-corrected chi connectivity index (χ1v) is 16.7. The first-order valence-electron chi connectivity index (χ1n) is 16.7. The average Bonchev–Trinajstić information content (AvgIpc) is 3.87. The van der Waals surface area contributed by atoms with Crippen molar-refractivity contribution in [1.29, 1.82) is 0 Å². The molecule has 1 saturated heterocycles. The fourth-order valence-corrected chi connectivity index (χ4v) is 5.99. The number of alkyl halides is 6. The number of carbonyl (C=O) groups is 2. The molecule has 14 nitrogen and oxygen atoms in total. The van der Waals surface area contributed by atoms with E-state index < -0.39 is 24.3 Å². The third-order valence-corrected chi connectivity index (χ3v) is 8.62. The van der Waals surface area contributed by atoms with Gasteiger partial charge in [0.1, 0.15) is 23.4 Å². The third-order valence-electron chi connectivity index (χ3n) is 8.62. The number of nitrogens with one attached hydrogen (secondary N) is 2. The van der Waals surface area contributed by atoms with E-state index in [1.54, 1.807) is 0 Å². The van der Waals surface area contributed by atoms with Crippen LogP contribution in [0.4, 0.5) is 43.9 Å². The van der Waals surface area contributed by atoms with E-state index in [-0.39, 0.29) is 0 Å². The van der Waals surface area contributed by atoms with Gasteiger partial charge in [-0.05, 0) is 81.4 Å². The van der Waals surface area contributed by atoms with Gasteiger partial charge in [0.2, 0.25) is 0 Å². The van der Waals surface area contributed by atoms with Gasteiger partial charge in [-0.15, -0.1) is 0 Å². The minimum Gasteiger partial charge on any atom is -0.489 e. The van der Waals surface area contributed by atoms with Crippen molar-refractivity contribution >= 4 is 51.6 Å². The number of aromatic nitrogens is 5. The summed E-state index contributed by atoms with van der Waals surface area (Å²) < 4.78 is 77.9. The van der Waals surface area contributed by atoms with Gasteiger partial charge in [0.05, 0.1) is 18.0 Å². The highest BCUT2D eigenvalue weighted by Gasteiger charge is 2.39. The lowest BCUT2D eigenvalue weighted by Crippen LogP contribution is -2.30. The van der Waals surface area contributed by atoms with Gasteiger partial charge in [0.25, 0.3) is 6.01 Å². The largest absolute Gasteiger partial charge is 0.490 e. The van der Waals surface area contributed by atoms with Gasteiger partial charge in [0, 0.05) is 11.3 Å². The molecule has 6 N–H and O–H groups in total. The number of halogens is 6. The number of rotatable bonds is 7. The van der Waals surface area contributed by atoms with Gasteiger partial charge in [-0.3, -0.25) is 0 Å². The molecule has 0 atom stereocenters. The summed E-state index contributed by atoms with van der Waals surface area (Å²) in [4.78, 5) is 31.3. The van der Waals surface area contributed by atoms with Crippen molar-refractivity contribution < 1.29 is 55.3 Å². The summed E-state index contributed by atoms with van der Waals surface area (Å²) in [5, 5.41) is 26.7. The molecule has 1 aliphatic carbocycles. The maximum Gasteiger partial charge on any atom is 0.490 e. The number of anilines is 3. The van der Waals surface area contributed by atoms with E-state index in [0.717, 1.165) is 83.6 Å². The molecule has 0 radical (unpaired) electrons. The monoisotopic (exact) mass is 766 g/mol. The Morgan fingerprint density at radius 2 is 1.59 bits per heavy atom. The SMILES string of the molecule is Cc1cc(OCC2CCNCC2)c2oc(Nc3ccc(-c4nn(C5CCCC5)c5ncnc(N)c45)cc3)nc2c1.O=C(O)C(F)(F)F.O=C(O)C(F)(F)F. The lowest BCUT2D eigenvalue weighted by atomic mass is 9.99. The lowest BCUT2D eigenvalue weighted by Gasteiger charge is -2.22. The molecule has 5 aromatic rings. The summed E-state index contributed by atoms with van der Waals surface area (Å²) in [6.45, 7) is 4.83. The van der Waals surface area contributed by atoms with E-state index in [2.05, 4.69) is 25.6 Å². The van der Waals surface area contributed by atoms with Gasteiger partial charge in [0.15, 0.2) is 17.0 Å². The molecule has 20 heteroatoms. The summed E-state index contributed by atoms with van der Waals surface area (Å²) in [6, 6.07) is 12.8. The molecule has 0 bridgehead atoms. The standard InChI is InChI=1S/C30H34N8O2.2C2HF3O2/c1-18-14-23-27(24(15-18)39-16-19-10-12-32-13-11-19)40-30(36-23)35-21-8-6-20(7-9-21)26-25-28(31)33-17-34-29(25)38(37-26)22-4-2-3-5-22;2*3-2(4,5)1(6)7/h6-9,14-15,17,19,22,32H,2-5,10-13,16H2,1H3,(H,35,36)(H2,31,33,34);2*(H,6,7). The Morgan fingerprint density at radius 1 is 0.981 bits per heavy atom. The smallest absolute Gasteiger partial charge is 0.489 e. The number of nitrogens with two attached hydrogens (primary N) is 1. The number of carboxylic acid groups (broad SMARTS) is 2. The molecule has 1 saturated carbocycles. The number of nitrogen functional groups attached to an aromatic ring is 1. The highest BCUT2D eigenvalue weighted by molar-refractivity contribution is 5.98. The molecular weight excluding hydrogens is 730 g/mol. The molecule has 0 spiro atoms. The van der Waals surface area contributed by atoms with Crippen LogP contribution in [0.1, 0.15) is 50.1 Å². The first kappa shape index (κ1) is 39.5. The predicted molar refractivity (Wildman–Crippen MR) is 183 cm³/mol. The van der Waals surface area contributed by atoms with Crippen LogP contribution in [0.15, 0.2) is 47.1 Å². The van der Waals surface area contributed by atoms with E-state index in [4.69, 9.17) is 39.8 Å². The second-order valence-corrected chi connectivity index (χ2v) is 12.6. The number of nitrogens with zero attached hydrogens (tertiary/aromatic N) is 5. The number of oxazole rings is 1. The van der Waals surface area contributed by atoms with Crippen LogP contribution in [0.2, 0.25) is 0 Å². The molecule has 4 heterocycles. The topological polar surface area (TPSA) is 204 Å². The van der Waals surface area contributed by atoms with Crippen molar-refractivity contribution in [1.82, 2.24) is 30.0 Å². The van der Waals surface area contributed by atoms with Crippen LogP contribution in [-0.2, 0) is 9.59 Å². The van der Waals surface area contributed by atoms with E-state index in [1.807, 2.05) is 48.0 Å². The molecule has 2 aromatic carbocycles. The normalized spacial score (nSPS) is 15.3. The van der Waals surface area contributed by atoms with Gasteiger partial charge >= 0.3 is 24.3 Å². The zero-order chi connectivity index (χ0) is 39.2. The van der Waals surface area contributed by atoms with Crippen molar-refractivity contribution in [3.05, 3.63) is 48.3 Å². The van der Waals surface area contributed by atoms with Crippen LogP contribution in [0.5, 0.6) is 5.75 Å². The molecule has 2 aliphatic rings. The summed E-state index contributed by atoms with van der Waals surface area (Å²) in [5.41, 5.74) is 12.3. The van der Waals surface area contributed by atoms with Crippen LogP contribution < -0.4 is 21.1 Å². The average molecular weight is 767 g/mol. The van der Waals surface area contributed by atoms with Crippen LogP contribution in [0.3, 0.4) is 0 Å².